The number of aliphatic imine (C=N–C) groups is 1. The van der Waals surface area contributed by atoms with Crippen molar-refractivity contribution in [2.24, 2.45) is 4.99 Å². The number of hydrogen-bond donors (Lipinski definition) is 2. The van der Waals surface area contributed by atoms with E-state index in [0.717, 1.165) is 11.1 Å². The normalized spacial score (nSPS) is 17.3. The van der Waals surface area contributed by atoms with Gasteiger partial charge >= 0.3 is 5.97 Å². The molecule has 168 valence electrons. The lowest BCUT2D eigenvalue weighted by atomic mass is 9.96. The summed E-state index contributed by atoms with van der Waals surface area (Å²) in [5, 5.41) is 6.25. The zero-order valence-electron chi connectivity index (χ0n) is 18.1. The van der Waals surface area contributed by atoms with Gasteiger partial charge in [0.05, 0.1) is 6.54 Å². The highest BCUT2D eigenvalue weighted by atomic mass is 16.5. The van der Waals surface area contributed by atoms with Gasteiger partial charge in [-0.3, -0.25) is 14.6 Å². The number of nitrogens with one attached hydrogen (secondary N) is 2. The summed E-state index contributed by atoms with van der Waals surface area (Å²) in [4.78, 5) is 33.0. The van der Waals surface area contributed by atoms with Gasteiger partial charge in [-0.1, -0.05) is 66.7 Å². The molecule has 2 unspecified atom stereocenters. The fraction of sp³-hybridized carbons (Fsp3) is 0.192. The molecule has 0 saturated heterocycles. The lowest BCUT2D eigenvalue weighted by Crippen LogP contribution is -2.50. The number of carbonyl (C=O) groups is 2. The molecule has 0 fully saturated rings. The molecule has 2 aromatic rings. The molecule has 2 heterocycles. The fourth-order valence-corrected chi connectivity index (χ4v) is 3.66. The molecule has 0 saturated carbocycles. The molecule has 2 atom stereocenters. The largest absolute Gasteiger partial charge is 0.460 e. The van der Waals surface area contributed by atoms with E-state index >= 15 is 0 Å². The molecule has 0 aliphatic carbocycles. The molecule has 0 spiro atoms. The summed E-state index contributed by atoms with van der Waals surface area (Å²) < 4.78 is 5.60. The average Bonchev–Trinajstić information content (AvgIpc) is 2.88. The van der Waals surface area contributed by atoms with E-state index in [1.165, 1.54) is 0 Å². The van der Waals surface area contributed by atoms with Crippen LogP contribution in [-0.2, 0) is 20.9 Å². The van der Waals surface area contributed by atoms with Crippen LogP contribution in [0.15, 0.2) is 102 Å². The van der Waals surface area contributed by atoms with Crippen LogP contribution in [0.25, 0.3) is 0 Å². The third-order valence-electron chi connectivity index (χ3n) is 5.31. The standard InChI is InChI=1S/C26H26N4O3/c31-25(30(23-13-7-8-14-29-23)17-21-15-27-19-28-16-21)24(22-11-5-2-6-12-22)26(32)33-18-20-9-3-1-4-10-20/h1-16,23-24,27,29H,17-19H2. The number of carbonyl (C=O) groups excluding carboxylic acids is 2. The number of ether oxygens (including phenoxy) is 1. The van der Waals surface area contributed by atoms with Crippen molar-refractivity contribution in [3.63, 3.8) is 0 Å². The summed E-state index contributed by atoms with van der Waals surface area (Å²) in [6.45, 7) is 0.878. The number of hydrogen-bond acceptors (Lipinski definition) is 6. The van der Waals surface area contributed by atoms with Gasteiger partial charge in [0, 0.05) is 18.0 Å². The summed E-state index contributed by atoms with van der Waals surface area (Å²) in [6, 6.07) is 18.4. The van der Waals surface area contributed by atoms with Crippen LogP contribution in [0.5, 0.6) is 0 Å². The number of benzene rings is 2. The molecular formula is C26H26N4O3. The van der Waals surface area contributed by atoms with Crippen LogP contribution < -0.4 is 10.6 Å². The SMILES string of the molecule is O=C(OCc1ccccc1)C(C(=O)N(CC1=CNCN=C1)C1C=CC=CN1)c1ccccc1. The van der Waals surface area contributed by atoms with Gasteiger partial charge in [-0.2, -0.15) is 0 Å². The average molecular weight is 443 g/mol. The van der Waals surface area contributed by atoms with Gasteiger partial charge in [-0.25, -0.2) is 0 Å². The monoisotopic (exact) mass is 442 g/mol. The number of amides is 1. The van der Waals surface area contributed by atoms with Gasteiger partial charge in [0.1, 0.15) is 19.4 Å². The van der Waals surface area contributed by atoms with E-state index in [1.54, 1.807) is 29.4 Å². The maximum Gasteiger partial charge on any atom is 0.323 e. The molecule has 7 nitrogen and oxygen atoms in total. The first kappa shape index (κ1) is 22.1. The molecule has 0 radical (unpaired) electrons. The van der Waals surface area contributed by atoms with Crippen molar-refractivity contribution in [2.45, 2.75) is 18.7 Å². The van der Waals surface area contributed by atoms with Gasteiger partial charge in [0.2, 0.25) is 5.91 Å². The maximum atomic E-state index is 13.9. The zero-order chi connectivity index (χ0) is 22.9. The second-order valence-corrected chi connectivity index (χ2v) is 7.65. The Kier molecular flexibility index (Phi) is 7.33. The van der Waals surface area contributed by atoms with Gasteiger partial charge in [0.15, 0.2) is 5.92 Å². The van der Waals surface area contributed by atoms with Crippen molar-refractivity contribution in [3.05, 3.63) is 108 Å². The van der Waals surface area contributed by atoms with Crippen molar-refractivity contribution >= 4 is 18.1 Å². The smallest absolute Gasteiger partial charge is 0.323 e. The summed E-state index contributed by atoms with van der Waals surface area (Å²) >= 11 is 0. The predicted molar refractivity (Wildman–Crippen MR) is 127 cm³/mol. The third-order valence-corrected chi connectivity index (χ3v) is 5.31. The highest BCUT2D eigenvalue weighted by Crippen LogP contribution is 2.23. The van der Waals surface area contributed by atoms with Crippen LogP contribution >= 0.6 is 0 Å². The highest BCUT2D eigenvalue weighted by Gasteiger charge is 2.36. The Morgan fingerprint density at radius 3 is 2.48 bits per heavy atom. The van der Waals surface area contributed by atoms with Crippen LogP contribution in [0.2, 0.25) is 0 Å². The first-order chi connectivity index (χ1) is 16.2. The zero-order valence-corrected chi connectivity index (χ0v) is 18.1. The lowest BCUT2D eigenvalue weighted by Gasteiger charge is -2.34. The van der Waals surface area contributed by atoms with Crippen LogP contribution in [0.1, 0.15) is 17.0 Å². The predicted octanol–water partition coefficient (Wildman–Crippen LogP) is 2.86. The second kappa shape index (κ2) is 10.9. The topological polar surface area (TPSA) is 83.0 Å². The van der Waals surface area contributed by atoms with E-state index in [0.29, 0.717) is 12.2 Å². The molecule has 2 aliphatic heterocycles. The number of dihydropyridines is 1. The Morgan fingerprint density at radius 2 is 1.82 bits per heavy atom. The van der Waals surface area contributed by atoms with E-state index in [1.807, 2.05) is 73.0 Å². The van der Waals surface area contributed by atoms with E-state index in [9.17, 15) is 9.59 Å². The molecule has 0 bridgehead atoms. The highest BCUT2D eigenvalue weighted by molar-refractivity contribution is 6.04. The second-order valence-electron chi connectivity index (χ2n) is 7.65. The maximum absolute atomic E-state index is 13.9. The molecular weight excluding hydrogens is 416 g/mol. The Morgan fingerprint density at radius 1 is 1.06 bits per heavy atom. The Labute approximate surface area is 193 Å². The Balaban J connectivity index is 1.61. The number of rotatable bonds is 8. The van der Waals surface area contributed by atoms with E-state index < -0.39 is 18.1 Å². The molecule has 4 rings (SSSR count). The minimum Gasteiger partial charge on any atom is -0.460 e. The molecule has 2 aromatic carbocycles. The van der Waals surface area contributed by atoms with Crippen molar-refractivity contribution in [1.82, 2.24) is 15.5 Å². The Hall–Kier alpha value is -4.13. The van der Waals surface area contributed by atoms with Gasteiger partial charge < -0.3 is 20.3 Å². The lowest BCUT2D eigenvalue weighted by molar-refractivity contribution is -0.153. The van der Waals surface area contributed by atoms with Crippen molar-refractivity contribution in [2.75, 3.05) is 13.2 Å². The van der Waals surface area contributed by atoms with E-state index in [2.05, 4.69) is 15.6 Å². The molecule has 0 aromatic heterocycles. The van der Waals surface area contributed by atoms with Crippen molar-refractivity contribution < 1.29 is 14.3 Å². The molecule has 2 N–H and O–H groups in total. The first-order valence-corrected chi connectivity index (χ1v) is 10.8. The van der Waals surface area contributed by atoms with Gasteiger partial charge in [0.25, 0.3) is 0 Å². The van der Waals surface area contributed by atoms with Crippen LogP contribution in [-0.4, -0.2) is 42.4 Å². The minimum absolute atomic E-state index is 0.0995. The third kappa shape index (κ3) is 5.77. The molecule has 7 heteroatoms. The molecule has 33 heavy (non-hydrogen) atoms. The molecule has 2 aliphatic rings. The van der Waals surface area contributed by atoms with Crippen LogP contribution in [0, 0.1) is 0 Å². The molecule has 1 amide bonds. The van der Waals surface area contributed by atoms with Gasteiger partial charge in [-0.15, -0.1) is 0 Å². The number of nitrogens with zero attached hydrogens (tertiary/aromatic N) is 2. The number of esters is 1. The fourth-order valence-electron chi connectivity index (χ4n) is 3.66. The summed E-state index contributed by atoms with van der Waals surface area (Å²) in [5.74, 6) is -2.03. The quantitative estimate of drug-likeness (QED) is 0.485. The number of allylic oxidation sites excluding steroid dienone is 2. The van der Waals surface area contributed by atoms with Crippen LogP contribution in [0.4, 0.5) is 0 Å². The first-order valence-electron chi connectivity index (χ1n) is 10.8. The van der Waals surface area contributed by atoms with E-state index in [-0.39, 0.29) is 19.1 Å². The van der Waals surface area contributed by atoms with Gasteiger partial charge in [-0.05, 0) is 29.5 Å². The van der Waals surface area contributed by atoms with Crippen molar-refractivity contribution in [1.29, 1.82) is 0 Å². The van der Waals surface area contributed by atoms with E-state index in [4.69, 9.17) is 4.74 Å². The summed E-state index contributed by atoms with van der Waals surface area (Å²) in [5.41, 5.74) is 2.28. The van der Waals surface area contributed by atoms with Crippen LogP contribution in [0.3, 0.4) is 0 Å². The Bertz CT molecular complexity index is 1080. The van der Waals surface area contributed by atoms with Crippen molar-refractivity contribution in [3.8, 4) is 0 Å². The summed E-state index contributed by atoms with van der Waals surface area (Å²) in [7, 11) is 0. The minimum atomic E-state index is -1.09. The summed E-state index contributed by atoms with van der Waals surface area (Å²) in [6.07, 6.45) is 10.5.